The van der Waals surface area contributed by atoms with Gasteiger partial charge in [-0.1, -0.05) is 11.8 Å². The summed E-state index contributed by atoms with van der Waals surface area (Å²) in [7, 11) is 0. The van der Waals surface area contributed by atoms with Crippen LogP contribution in [0.3, 0.4) is 0 Å². The summed E-state index contributed by atoms with van der Waals surface area (Å²) in [5.41, 5.74) is 6.11. The molecule has 0 unspecified atom stereocenters. The van der Waals surface area contributed by atoms with Crippen LogP contribution in [0.25, 0.3) is 10.2 Å². The number of nitrogens with one attached hydrogen (secondary N) is 1. The Morgan fingerprint density at radius 2 is 2.28 bits per heavy atom. The highest BCUT2D eigenvalue weighted by molar-refractivity contribution is 7.98. The molecule has 2 heterocycles. The summed E-state index contributed by atoms with van der Waals surface area (Å²) >= 11 is 2.97. The van der Waals surface area contributed by atoms with Crippen LogP contribution in [0.2, 0.25) is 0 Å². The van der Waals surface area contributed by atoms with Crippen LogP contribution in [-0.2, 0) is 5.75 Å². The zero-order valence-corrected chi connectivity index (χ0v) is 10.7. The van der Waals surface area contributed by atoms with Crippen LogP contribution in [0.15, 0.2) is 23.4 Å². The molecule has 0 aliphatic heterocycles. The van der Waals surface area contributed by atoms with Crippen molar-refractivity contribution >= 4 is 39.3 Å². The maximum Gasteiger partial charge on any atom is 0.216 e. The standard InChI is InChI=1S/C10H8FN5S2/c11-5-1-2-7-6(3-5)13-8(18-7)4-17-10-14-9(12)15-16-10/h1-3H,4H2,(H3,12,14,15,16). The van der Waals surface area contributed by atoms with E-state index in [1.807, 2.05) is 0 Å². The average molecular weight is 281 g/mol. The van der Waals surface area contributed by atoms with E-state index in [2.05, 4.69) is 20.2 Å². The third kappa shape index (κ3) is 2.29. The van der Waals surface area contributed by atoms with E-state index in [-0.39, 0.29) is 5.82 Å². The summed E-state index contributed by atoms with van der Waals surface area (Å²) in [6.45, 7) is 0. The summed E-state index contributed by atoms with van der Waals surface area (Å²) in [6.07, 6.45) is 0. The van der Waals surface area contributed by atoms with Gasteiger partial charge in [0.05, 0.1) is 16.0 Å². The zero-order valence-electron chi connectivity index (χ0n) is 9.05. The van der Waals surface area contributed by atoms with E-state index in [1.165, 1.54) is 35.2 Å². The molecular formula is C10H8FN5S2. The number of thioether (sulfide) groups is 1. The molecule has 0 aliphatic carbocycles. The Morgan fingerprint density at radius 3 is 3.06 bits per heavy atom. The van der Waals surface area contributed by atoms with E-state index in [0.29, 0.717) is 22.4 Å². The Morgan fingerprint density at radius 1 is 1.39 bits per heavy atom. The molecule has 0 fully saturated rings. The lowest BCUT2D eigenvalue weighted by Gasteiger charge is -1.90. The zero-order chi connectivity index (χ0) is 12.5. The summed E-state index contributed by atoms with van der Waals surface area (Å²) in [5, 5.41) is 7.97. The predicted molar refractivity (Wildman–Crippen MR) is 69.9 cm³/mol. The molecule has 3 aromatic rings. The van der Waals surface area contributed by atoms with Crippen molar-refractivity contribution in [1.82, 2.24) is 20.2 Å². The van der Waals surface area contributed by atoms with Crippen molar-refractivity contribution in [1.29, 1.82) is 0 Å². The topological polar surface area (TPSA) is 80.5 Å². The Bertz CT molecular complexity index is 692. The predicted octanol–water partition coefficient (Wildman–Crippen LogP) is 2.43. The fourth-order valence-corrected chi connectivity index (χ4v) is 3.20. The van der Waals surface area contributed by atoms with Gasteiger partial charge in [0.2, 0.25) is 11.1 Å². The maximum absolute atomic E-state index is 13.0. The van der Waals surface area contributed by atoms with Crippen molar-refractivity contribution in [3.8, 4) is 0 Å². The number of H-pyrrole nitrogens is 1. The van der Waals surface area contributed by atoms with E-state index in [4.69, 9.17) is 5.73 Å². The van der Waals surface area contributed by atoms with Gasteiger partial charge >= 0.3 is 0 Å². The smallest absolute Gasteiger partial charge is 0.216 e. The summed E-state index contributed by atoms with van der Waals surface area (Å²) in [5.74, 6) is 0.663. The molecule has 0 saturated heterocycles. The first kappa shape index (κ1) is 11.4. The highest BCUT2D eigenvalue weighted by Gasteiger charge is 2.07. The Labute approximate surface area is 110 Å². The second kappa shape index (κ2) is 4.54. The number of aromatic amines is 1. The molecule has 18 heavy (non-hydrogen) atoms. The normalized spacial score (nSPS) is 11.2. The Balaban J connectivity index is 1.78. The van der Waals surface area contributed by atoms with Gasteiger partial charge in [-0.05, 0) is 12.1 Å². The third-order valence-corrected chi connectivity index (χ3v) is 4.28. The molecule has 0 atom stereocenters. The monoisotopic (exact) mass is 281 g/mol. The number of fused-ring (bicyclic) bond motifs is 1. The van der Waals surface area contributed by atoms with Crippen LogP contribution in [-0.4, -0.2) is 20.2 Å². The van der Waals surface area contributed by atoms with Gasteiger partial charge in [-0.3, -0.25) is 0 Å². The minimum Gasteiger partial charge on any atom is -0.368 e. The molecule has 8 heteroatoms. The Hall–Kier alpha value is -1.67. The highest BCUT2D eigenvalue weighted by Crippen LogP contribution is 2.27. The number of halogens is 1. The molecule has 0 bridgehead atoms. The molecule has 0 spiro atoms. The van der Waals surface area contributed by atoms with Crippen LogP contribution in [0.5, 0.6) is 0 Å². The number of nitrogen functional groups attached to an aromatic ring is 1. The largest absolute Gasteiger partial charge is 0.368 e. The molecule has 2 aromatic heterocycles. The lowest BCUT2D eigenvalue weighted by molar-refractivity contribution is 0.629. The number of rotatable bonds is 3. The van der Waals surface area contributed by atoms with E-state index in [0.717, 1.165) is 9.71 Å². The van der Waals surface area contributed by atoms with Crippen LogP contribution < -0.4 is 5.73 Å². The maximum atomic E-state index is 13.0. The highest BCUT2D eigenvalue weighted by atomic mass is 32.2. The number of benzene rings is 1. The molecule has 0 saturated carbocycles. The number of hydrogen-bond acceptors (Lipinski definition) is 6. The van der Waals surface area contributed by atoms with Crippen molar-refractivity contribution in [2.45, 2.75) is 10.9 Å². The van der Waals surface area contributed by atoms with Gasteiger partial charge in [-0.25, -0.2) is 14.5 Å². The SMILES string of the molecule is Nc1nc(SCc2nc3cc(F)ccc3s2)n[nH]1. The van der Waals surface area contributed by atoms with Crippen molar-refractivity contribution in [3.05, 3.63) is 29.0 Å². The van der Waals surface area contributed by atoms with E-state index >= 15 is 0 Å². The summed E-state index contributed by atoms with van der Waals surface area (Å²) in [6, 6.07) is 4.61. The van der Waals surface area contributed by atoms with Crippen LogP contribution in [0.4, 0.5) is 10.3 Å². The number of thiazole rings is 1. The minimum atomic E-state index is -0.270. The second-order valence-electron chi connectivity index (χ2n) is 3.51. The fraction of sp³-hybridized carbons (Fsp3) is 0.100. The first-order chi connectivity index (χ1) is 8.70. The minimum absolute atomic E-state index is 0.270. The number of nitrogens with two attached hydrogens (primary N) is 1. The number of nitrogens with zero attached hydrogens (tertiary/aromatic N) is 3. The van der Waals surface area contributed by atoms with Gasteiger partial charge in [-0.2, -0.15) is 4.98 Å². The van der Waals surface area contributed by atoms with Crippen LogP contribution >= 0.6 is 23.1 Å². The van der Waals surface area contributed by atoms with Crippen LogP contribution in [0, 0.1) is 5.82 Å². The third-order valence-electron chi connectivity index (χ3n) is 2.20. The summed E-state index contributed by atoms with van der Waals surface area (Å²) in [4.78, 5) is 8.34. The lowest BCUT2D eigenvalue weighted by Crippen LogP contribution is -1.85. The molecular weight excluding hydrogens is 273 g/mol. The van der Waals surface area contributed by atoms with E-state index in [9.17, 15) is 4.39 Å². The second-order valence-corrected chi connectivity index (χ2v) is 5.57. The lowest BCUT2D eigenvalue weighted by atomic mass is 10.3. The molecule has 0 aliphatic rings. The van der Waals surface area contributed by atoms with Gasteiger partial charge < -0.3 is 5.73 Å². The van der Waals surface area contributed by atoms with Gasteiger partial charge in [0.25, 0.3) is 0 Å². The van der Waals surface area contributed by atoms with Gasteiger partial charge in [0.15, 0.2) is 0 Å². The van der Waals surface area contributed by atoms with Crippen molar-refractivity contribution in [2.24, 2.45) is 0 Å². The van der Waals surface area contributed by atoms with Gasteiger partial charge in [-0.15, -0.1) is 16.4 Å². The molecule has 0 radical (unpaired) electrons. The van der Waals surface area contributed by atoms with Gasteiger partial charge in [0, 0.05) is 6.07 Å². The molecule has 92 valence electrons. The molecule has 5 nitrogen and oxygen atoms in total. The number of anilines is 1. The quantitative estimate of drug-likeness (QED) is 0.721. The average Bonchev–Trinajstić information content (AvgIpc) is 2.92. The van der Waals surface area contributed by atoms with Gasteiger partial charge in [0.1, 0.15) is 10.8 Å². The first-order valence-electron chi connectivity index (χ1n) is 5.06. The van der Waals surface area contributed by atoms with E-state index < -0.39 is 0 Å². The van der Waals surface area contributed by atoms with Crippen LogP contribution in [0.1, 0.15) is 5.01 Å². The van der Waals surface area contributed by atoms with Crippen molar-refractivity contribution < 1.29 is 4.39 Å². The Kier molecular flexibility index (Phi) is 2.88. The van der Waals surface area contributed by atoms with E-state index in [1.54, 1.807) is 6.07 Å². The molecule has 3 rings (SSSR count). The van der Waals surface area contributed by atoms with Crippen molar-refractivity contribution in [2.75, 3.05) is 5.73 Å². The number of aromatic nitrogens is 4. The fourth-order valence-electron chi connectivity index (χ4n) is 1.46. The number of hydrogen-bond donors (Lipinski definition) is 2. The molecule has 0 amide bonds. The molecule has 1 aromatic carbocycles. The first-order valence-corrected chi connectivity index (χ1v) is 6.86. The van der Waals surface area contributed by atoms with Crippen molar-refractivity contribution in [3.63, 3.8) is 0 Å². The summed E-state index contributed by atoms with van der Waals surface area (Å²) < 4.78 is 14.0. The molecule has 3 N–H and O–H groups in total.